The lowest BCUT2D eigenvalue weighted by molar-refractivity contribution is 0.561. The number of hydrogen-bond acceptors (Lipinski definition) is 5. The van der Waals surface area contributed by atoms with Crippen LogP contribution in [0.2, 0.25) is 0 Å². The summed E-state index contributed by atoms with van der Waals surface area (Å²) >= 11 is 0. The van der Waals surface area contributed by atoms with Crippen molar-refractivity contribution in [2.45, 2.75) is 6.92 Å². The number of pyridine rings is 1. The van der Waals surface area contributed by atoms with Crippen LogP contribution in [-0.4, -0.2) is 35.6 Å². The molecule has 6 nitrogen and oxygen atoms in total. The molecular weight excluding hydrogens is 340 g/mol. The molecule has 1 saturated heterocycles. The van der Waals surface area contributed by atoms with Gasteiger partial charge in [0.2, 0.25) is 0 Å². The minimum Gasteiger partial charge on any atom is -0.422 e. The van der Waals surface area contributed by atoms with Gasteiger partial charge in [0.25, 0.3) is 0 Å². The van der Waals surface area contributed by atoms with E-state index in [1.165, 1.54) is 0 Å². The van der Waals surface area contributed by atoms with Crippen LogP contribution >= 0.6 is 0 Å². The van der Waals surface area contributed by atoms with Gasteiger partial charge in [-0.15, -0.1) is 0 Å². The molecule has 0 unspecified atom stereocenters. The summed E-state index contributed by atoms with van der Waals surface area (Å²) in [5.41, 5.74) is 4.58. The van der Waals surface area contributed by atoms with Gasteiger partial charge in [0.1, 0.15) is 11.2 Å². The molecule has 5 rings (SSSR count). The zero-order valence-electron chi connectivity index (χ0n) is 15.1. The van der Waals surface area contributed by atoms with E-state index in [0.29, 0.717) is 11.1 Å². The minimum absolute atomic E-state index is 0.323. The molecule has 4 aromatic rings. The molecule has 1 N–H and O–H groups in total. The largest absolute Gasteiger partial charge is 0.422 e. The minimum atomic E-state index is -0.323. The van der Waals surface area contributed by atoms with Crippen molar-refractivity contribution in [3.8, 4) is 11.1 Å². The van der Waals surface area contributed by atoms with Crippen LogP contribution in [0.4, 0.5) is 5.69 Å². The predicted molar refractivity (Wildman–Crippen MR) is 106 cm³/mol. The van der Waals surface area contributed by atoms with Crippen molar-refractivity contribution in [2.24, 2.45) is 0 Å². The van der Waals surface area contributed by atoms with Gasteiger partial charge in [-0.25, -0.2) is 9.78 Å². The second-order valence-corrected chi connectivity index (χ2v) is 6.97. The van der Waals surface area contributed by atoms with Gasteiger partial charge in [-0.3, -0.25) is 0 Å². The van der Waals surface area contributed by atoms with Crippen LogP contribution in [0, 0.1) is 6.92 Å². The fourth-order valence-electron chi connectivity index (χ4n) is 3.70. The van der Waals surface area contributed by atoms with Crippen LogP contribution in [0.15, 0.2) is 58.0 Å². The van der Waals surface area contributed by atoms with Gasteiger partial charge < -0.3 is 19.0 Å². The van der Waals surface area contributed by atoms with E-state index in [2.05, 4.69) is 21.3 Å². The summed E-state index contributed by atoms with van der Waals surface area (Å²) in [4.78, 5) is 19.4. The molecule has 0 radical (unpaired) electrons. The third-order valence-corrected chi connectivity index (χ3v) is 5.08. The third-order valence-electron chi connectivity index (χ3n) is 5.08. The normalized spacial score (nSPS) is 14.9. The van der Waals surface area contributed by atoms with E-state index in [9.17, 15) is 4.79 Å². The Morgan fingerprint density at radius 1 is 1.07 bits per heavy atom. The van der Waals surface area contributed by atoms with E-state index < -0.39 is 0 Å². The van der Waals surface area contributed by atoms with Crippen LogP contribution in [0.5, 0.6) is 0 Å². The molecule has 0 amide bonds. The van der Waals surface area contributed by atoms with Crippen LogP contribution in [0.1, 0.15) is 5.69 Å². The van der Waals surface area contributed by atoms with Gasteiger partial charge in [0, 0.05) is 61.3 Å². The quantitative estimate of drug-likeness (QED) is 0.557. The first-order valence-corrected chi connectivity index (χ1v) is 9.17. The van der Waals surface area contributed by atoms with Crippen LogP contribution in [0.3, 0.4) is 0 Å². The lowest BCUT2D eigenvalue weighted by Crippen LogP contribution is -2.43. The van der Waals surface area contributed by atoms with E-state index >= 15 is 0 Å². The van der Waals surface area contributed by atoms with Crippen LogP contribution in [0.25, 0.3) is 27.7 Å². The molecule has 0 atom stereocenters. The van der Waals surface area contributed by atoms with Crippen molar-refractivity contribution >= 4 is 22.3 Å². The Hall–Kier alpha value is -3.12. The van der Waals surface area contributed by atoms with E-state index in [1.54, 1.807) is 0 Å². The maximum absolute atomic E-state index is 12.6. The Morgan fingerprint density at radius 3 is 2.78 bits per heavy atom. The summed E-state index contributed by atoms with van der Waals surface area (Å²) in [6.07, 6.45) is 3.86. The number of nitrogens with zero attached hydrogens (tertiary/aromatic N) is 3. The molecule has 0 aliphatic carbocycles. The Labute approximate surface area is 156 Å². The highest BCUT2D eigenvalue weighted by molar-refractivity contribution is 5.84. The number of aromatic nitrogens is 2. The van der Waals surface area contributed by atoms with E-state index in [-0.39, 0.29) is 5.63 Å². The van der Waals surface area contributed by atoms with Gasteiger partial charge in [-0.2, -0.15) is 0 Å². The van der Waals surface area contributed by atoms with Gasteiger partial charge in [0.15, 0.2) is 0 Å². The maximum Gasteiger partial charge on any atom is 0.344 e. The summed E-state index contributed by atoms with van der Waals surface area (Å²) < 4.78 is 7.61. The average Bonchev–Trinajstić information content (AvgIpc) is 3.07. The summed E-state index contributed by atoms with van der Waals surface area (Å²) in [6.45, 7) is 5.80. The molecule has 27 heavy (non-hydrogen) atoms. The number of anilines is 1. The molecule has 0 spiro atoms. The first-order chi connectivity index (χ1) is 13.2. The molecule has 1 aromatic carbocycles. The Balaban J connectivity index is 1.58. The first-order valence-electron chi connectivity index (χ1n) is 9.17. The number of hydrogen-bond donors (Lipinski definition) is 1. The number of rotatable bonds is 2. The summed E-state index contributed by atoms with van der Waals surface area (Å²) in [5.74, 6) is 0. The van der Waals surface area contributed by atoms with Crippen molar-refractivity contribution in [2.75, 3.05) is 31.1 Å². The van der Waals surface area contributed by atoms with Crippen LogP contribution < -0.4 is 15.8 Å². The summed E-state index contributed by atoms with van der Waals surface area (Å²) in [5, 5.41) is 4.27. The molecule has 4 heterocycles. The smallest absolute Gasteiger partial charge is 0.344 e. The second kappa shape index (κ2) is 6.25. The maximum atomic E-state index is 12.6. The highest BCUT2D eigenvalue weighted by atomic mass is 16.4. The molecule has 1 aliphatic heterocycles. The van der Waals surface area contributed by atoms with Crippen molar-refractivity contribution in [1.82, 2.24) is 14.7 Å². The Morgan fingerprint density at radius 2 is 1.93 bits per heavy atom. The molecule has 1 fully saturated rings. The predicted octanol–water partition coefficient (Wildman–Crippen LogP) is 2.83. The fraction of sp³-hybridized carbons (Fsp3) is 0.238. The first kappa shape index (κ1) is 16.1. The van der Waals surface area contributed by atoms with Gasteiger partial charge in [-0.1, -0.05) is 0 Å². The van der Waals surface area contributed by atoms with Gasteiger partial charge in [0.05, 0.1) is 11.3 Å². The third kappa shape index (κ3) is 2.88. The fourth-order valence-corrected chi connectivity index (χ4v) is 3.70. The van der Waals surface area contributed by atoms with Crippen molar-refractivity contribution in [3.63, 3.8) is 0 Å². The number of aryl methyl sites for hydroxylation is 1. The van der Waals surface area contributed by atoms with Crippen molar-refractivity contribution < 1.29 is 4.42 Å². The Kier molecular flexibility index (Phi) is 3.72. The molecule has 6 heteroatoms. The SMILES string of the molecule is Cc1cn2cc(-c3cc4ccc(N5CCNCC5)cc4oc3=O)ccc2n1. The van der Waals surface area contributed by atoms with Crippen LogP contribution in [-0.2, 0) is 0 Å². The van der Waals surface area contributed by atoms with E-state index in [0.717, 1.165) is 54.2 Å². The monoisotopic (exact) mass is 360 g/mol. The molecular formula is C21H20N4O2. The summed E-state index contributed by atoms with van der Waals surface area (Å²) in [7, 11) is 0. The van der Waals surface area contributed by atoms with Crippen molar-refractivity contribution in [3.05, 3.63) is 64.9 Å². The number of piperazine rings is 1. The molecule has 0 bridgehead atoms. The highest BCUT2D eigenvalue weighted by Crippen LogP contribution is 2.25. The van der Waals surface area contributed by atoms with Crippen molar-refractivity contribution in [1.29, 1.82) is 0 Å². The topological polar surface area (TPSA) is 62.8 Å². The zero-order chi connectivity index (χ0) is 18.4. The highest BCUT2D eigenvalue weighted by Gasteiger charge is 2.13. The number of nitrogens with one attached hydrogen (secondary N) is 1. The lowest BCUT2D eigenvalue weighted by atomic mass is 10.1. The number of imidazole rings is 1. The molecule has 136 valence electrons. The number of fused-ring (bicyclic) bond motifs is 2. The van der Waals surface area contributed by atoms with E-state index in [4.69, 9.17) is 4.42 Å². The van der Waals surface area contributed by atoms with Gasteiger partial charge in [-0.05, 0) is 37.3 Å². The lowest BCUT2D eigenvalue weighted by Gasteiger charge is -2.29. The Bertz CT molecular complexity index is 1200. The molecule has 3 aromatic heterocycles. The average molecular weight is 360 g/mol. The van der Waals surface area contributed by atoms with E-state index in [1.807, 2.05) is 54.0 Å². The second-order valence-electron chi connectivity index (χ2n) is 6.97. The molecule has 0 saturated carbocycles. The zero-order valence-corrected chi connectivity index (χ0v) is 15.1. The number of benzene rings is 1. The standard InChI is InChI=1S/C21H20N4O2/c1-14-12-25-13-16(3-5-20(25)23-14)18-10-15-2-4-17(11-19(15)27-21(18)26)24-8-6-22-7-9-24/h2-5,10-13,22H,6-9H2,1H3. The molecule has 1 aliphatic rings. The summed E-state index contributed by atoms with van der Waals surface area (Å²) in [6, 6.07) is 11.8. The van der Waals surface area contributed by atoms with Gasteiger partial charge >= 0.3 is 5.63 Å².